The van der Waals surface area contributed by atoms with Crippen molar-refractivity contribution in [3.8, 4) is 5.75 Å². The molecule has 0 saturated heterocycles. The Morgan fingerprint density at radius 2 is 1.92 bits per heavy atom. The predicted molar refractivity (Wildman–Crippen MR) is 93.8 cm³/mol. The number of H-pyrrole nitrogens is 1. The molecule has 0 radical (unpaired) electrons. The van der Waals surface area contributed by atoms with Crippen molar-refractivity contribution >= 4 is 17.2 Å². The largest absolute Gasteiger partial charge is 0.489 e. The first-order valence-corrected chi connectivity index (χ1v) is 8.47. The van der Waals surface area contributed by atoms with Crippen molar-refractivity contribution in [3.63, 3.8) is 0 Å². The SMILES string of the molecule is O=C(NCCc1n[nH]c(=O)s1)c1ccc(OCc2ccncc2)cc1. The lowest BCUT2D eigenvalue weighted by Gasteiger charge is -2.07. The summed E-state index contributed by atoms with van der Waals surface area (Å²) in [6.45, 7) is 0.862. The summed E-state index contributed by atoms with van der Waals surface area (Å²) >= 11 is 1.05. The summed E-state index contributed by atoms with van der Waals surface area (Å²) in [5.74, 6) is 0.512. The Labute approximate surface area is 147 Å². The van der Waals surface area contributed by atoms with E-state index in [9.17, 15) is 9.59 Å². The number of hydrogen-bond donors (Lipinski definition) is 2. The molecule has 0 saturated carbocycles. The van der Waals surface area contributed by atoms with Gasteiger partial charge in [-0.05, 0) is 42.0 Å². The molecule has 0 aliphatic rings. The number of carbonyl (C=O) groups excluding carboxylic acids is 1. The minimum Gasteiger partial charge on any atom is -0.489 e. The summed E-state index contributed by atoms with van der Waals surface area (Å²) in [6, 6.07) is 10.7. The highest BCUT2D eigenvalue weighted by Crippen LogP contribution is 2.14. The number of hydrogen-bond acceptors (Lipinski definition) is 6. The second kappa shape index (κ2) is 8.20. The second-order valence-electron chi connectivity index (χ2n) is 5.18. The summed E-state index contributed by atoms with van der Waals surface area (Å²) in [4.78, 5) is 26.8. The molecule has 2 aromatic heterocycles. The van der Waals surface area contributed by atoms with Crippen LogP contribution in [0, 0.1) is 0 Å². The number of aromatic amines is 1. The zero-order valence-corrected chi connectivity index (χ0v) is 14.1. The van der Waals surface area contributed by atoms with Crippen LogP contribution in [0.15, 0.2) is 53.6 Å². The third kappa shape index (κ3) is 4.98. The maximum Gasteiger partial charge on any atom is 0.322 e. The normalized spacial score (nSPS) is 10.4. The molecular formula is C17H16N4O3S. The van der Waals surface area contributed by atoms with E-state index in [0.29, 0.717) is 35.9 Å². The third-order valence-corrected chi connectivity index (χ3v) is 4.19. The number of carbonyl (C=O) groups is 1. The fourth-order valence-electron chi connectivity index (χ4n) is 2.10. The Morgan fingerprint density at radius 3 is 2.60 bits per heavy atom. The molecule has 1 aromatic carbocycles. The Bertz CT molecular complexity index is 875. The Morgan fingerprint density at radius 1 is 1.16 bits per heavy atom. The number of rotatable bonds is 7. The molecule has 0 bridgehead atoms. The topological polar surface area (TPSA) is 97.0 Å². The summed E-state index contributed by atoms with van der Waals surface area (Å²) in [6.07, 6.45) is 3.95. The first-order valence-electron chi connectivity index (χ1n) is 7.65. The lowest BCUT2D eigenvalue weighted by Crippen LogP contribution is -2.25. The van der Waals surface area contributed by atoms with E-state index in [2.05, 4.69) is 20.5 Å². The molecule has 7 nitrogen and oxygen atoms in total. The number of aromatic nitrogens is 3. The molecule has 0 fully saturated rings. The number of ether oxygens (including phenoxy) is 1. The van der Waals surface area contributed by atoms with E-state index in [1.165, 1.54) is 0 Å². The summed E-state index contributed by atoms with van der Waals surface area (Å²) in [5.41, 5.74) is 1.57. The summed E-state index contributed by atoms with van der Waals surface area (Å²) < 4.78 is 5.67. The molecule has 128 valence electrons. The maximum absolute atomic E-state index is 12.1. The van der Waals surface area contributed by atoms with Crippen LogP contribution in [-0.2, 0) is 13.0 Å². The average Bonchev–Trinajstić information content (AvgIpc) is 3.06. The van der Waals surface area contributed by atoms with Gasteiger partial charge in [-0.25, -0.2) is 5.10 Å². The van der Waals surface area contributed by atoms with Gasteiger partial charge in [-0.2, -0.15) is 5.10 Å². The smallest absolute Gasteiger partial charge is 0.322 e. The van der Waals surface area contributed by atoms with Gasteiger partial charge in [-0.15, -0.1) is 0 Å². The predicted octanol–water partition coefficient (Wildman–Crippen LogP) is 1.78. The third-order valence-electron chi connectivity index (χ3n) is 3.38. The molecule has 3 rings (SSSR count). The second-order valence-corrected chi connectivity index (χ2v) is 6.23. The number of nitrogens with one attached hydrogen (secondary N) is 2. The minimum absolute atomic E-state index is 0.177. The van der Waals surface area contributed by atoms with Gasteiger partial charge in [0, 0.05) is 30.9 Å². The molecule has 0 aliphatic heterocycles. The quantitative estimate of drug-likeness (QED) is 0.672. The molecule has 3 aromatic rings. The Balaban J connectivity index is 1.47. The van der Waals surface area contributed by atoms with Gasteiger partial charge in [0.25, 0.3) is 5.91 Å². The maximum atomic E-state index is 12.1. The van der Waals surface area contributed by atoms with Gasteiger partial charge in [0.15, 0.2) is 0 Å². The van der Waals surface area contributed by atoms with Crippen molar-refractivity contribution in [1.82, 2.24) is 20.5 Å². The van der Waals surface area contributed by atoms with Gasteiger partial charge >= 0.3 is 4.87 Å². The van der Waals surface area contributed by atoms with E-state index in [1.807, 2.05) is 12.1 Å². The van der Waals surface area contributed by atoms with E-state index in [1.54, 1.807) is 36.7 Å². The van der Waals surface area contributed by atoms with E-state index in [-0.39, 0.29) is 10.8 Å². The van der Waals surface area contributed by atoms with Crippen LogP contribution in [0.3, 0.4) is 0 Å². The van der Waals surface area contributed by atoms with Crippen molar-refractivity contribution in [2.24, 2.45) is 0 Å². The number of pyridine rings is 1. The number of benzene rings is 1. The molecular weight excluding hydrogens is 340 g/mol. The van der Waals surface area contributed by atoms with Gasteiger partial charge in [0.1, 0.15) is 17.4 Å². The fraction of sp³-hybridized carbons (Fsp3) is 0.176. The van der Waals surface area contributed by atoms with E-state index in [4.69, 9.17) is 4.74 Å². The summed E-state index contributed by atoms with van der Waals surface area (Å²) in [7, 11) is 0. The Kier molecular flexibility index (Phi) is 5.53. The molecule has 1 amide bonds. The fourth-order valence-corrected chi connectivity index (χ4v) is 2.70. The first-order chi connectivity index (χ1) is 12.2. The van der Waals surface area contributed by atoms with Crippen LogP contribution in [0.25, 0.3) is 0 Å². The monoisotopic (exact) mass is 356 g/mol. The average molecular weight is 356 g/mol. The molecule has 0 unspecified atom stereocenters. The molecule has 2 heterocycles. The molecule has 2 N–H and O–H groups in total. The van der Waals surface area contributed by atoms with Crippen LogP contribution >= 0.6 is 11.3 Å². The minimum atomic E-state index is -0.191. The van der Waals surface area contributed by atoms with Crippen LogP contribution < -0.4 is 14.9 Å². The lowest BCUT2D eigenvalue weighted by atomic mass is 10.2. The van der Waals surface area contributed by atoms with E-state index < -0.39 is 0 Å². The standard InChI is InChI=1S/C17H16N4O3S/c22-16(19-10-7-15-20-21-17(23)25-15)13-1-3-14(4-2-13)24-11-12-5-8-18-9-6-12/h1-6,8-9H,7,10-11H2,(H,19,22)(H,21,23). The van der Waals surface area contributed by atoms with E-state index >= 15 is 0 Å². The van der Waals surface area contributed by atoms with Gasteiger partial charge in [0.2, 0.25) is 0 Å². The number of amides is 1. The molecule has 8 heteroatoms. The number of nitrogens with zero attached hydrogens (tertiary/aromatic N) is 2. The molecule has 0 spiro atoms. The zero-order chi connectivity index (χ0) is 17.5. The molecule has 0 atom stereocenters. The van der Waals surface area contributed by atoms with Crippen molar-refractivity contribution in [2.75, 3.05) is 6.54 Å². The zero-order valence-electron chi connectivity index (χ0n) is 13.3. The van der Waals surface area contributed by atoms with Gasteiger partial charge < -0.3 is 10.1 Å². The highest BCUT2D eigenvalue weighted by atomic mass is 32.1. The van der Waals surface area contributed by atoms with Gasteiger partial charge in [-0.3, -0.25) is 14.6 Å². The van der Waals surface area contributed by atoms with Crippen molar-refractivity contribution in [3.05, 3.63) is 74.6 Å². The molecule has 0 aliphatic carbocycles. The summed E-state index contributed by atoms with van der Waals surface area (Å²) in [5, 5.41) is 9.67. The van der Waals surface area contributed by atoms with Crippen LogP contribution in [0.5, 0.6) is 5.75 Å². The highest BCUT2D eigenvalue weighted by molar-refractivity contribution is 7.08. The van der Waals surface area contributed by atoms with Gasteiger partial charge in [-0.1, -0.05) is 11.3 Å². The Hall–Kier alpha value is -3.00. The molecule has 25 heavy (non-hydrogen) atoms. The van der Waals surface area contributed by atoms with Crippen LogP contribution in [0.2, 0.25) is 0 Å². The van der Waals surface area contributed by atoms with Crippen molar-refractivity contribution in [2.45, 2.75) is 13.0 Å². The van der Waals surface area contributed by atoms with E-state index in [0.717, 1.165) is 16.9 Å². The van der Waals surface area contributed by atoms with Crippen LogP contribution in [0.4, 0.5) is 0 Å². The van der Waals surface area contributed by atoms with Crippen molar-refractivity contribution in [1.29, 1.82) is 0 Å². The van der Waals surface area contributed by atoms with Crippen LogP contribution in [-0.4, -0.2) is 27.6 Å². The lowest BCUT2D eigenvalue weighted by molar-refractivity contribution is 0.0954. The first kappa shape index (κ1) is 16.8. The highest BCUT2D eigenvalue weighted by Gasteiger charge is 2.06. The van der Waals surface area contributed by atoms with Crippen molar-refractivity contribution < 1.29 is 9.53 Å². The van der Waals surface area contributed by atoms with Crippen LogP contribution in [0.1, 0.15) is 20.9 Å². The van der Waals surface area contributed by atoms with Gasteiger partial charge in [0.05, 0.1) is 0 Å².